The topological polar surface area (TPSA) is 66.4 Å². The van der Waals surface area contributed by atoms with Gasteiger partial charge in [-0.15, -0.1) is 11.3 Å². The highest BCUT2D eigenvalue weighted by Crippen LogP contribution is 2.22. The maximum atomic E-state index is 11.2. The van der Waals surface area contributed by atoms with Gasteiger partial charge in [-0.1, -0.05) is 0 Å². The lowest BCUT2D eigenvalue weighted by molar-refractivity contribution is 0.319. The maximum absolute atomic E-state index is 11.2. The van der Waals surface area contributed by atoms with E-state index in [1.54, 1.807) is 0 Å². The van der Waals surface area contributed by atoms with Crippen LogP contribution in [0.25, 0.3) is 0 Å². The summed E-state index contributed by atoms with van der Waals surface area (Å²) < 4.78 is 25.6. The van der Waals surface area contributed by atoms with Gasteiger partial charge in [0.05, 0.1) is 12.4 Å². The molecular weight excluding hydrogens is 290 g/mol. The van der Waals surface area contributed by atoms with Crippen LogP contribution in [0.15, 0.2) is 15.9 Å². The summed E-state index contributed by atoms with van der Waals surface area (Å²) in [5, 5.41) is 10.4. The van der Waals surface area contributed by atoms with Crippen LogP contribution >= 0.6 is 27.3 Å². The van der Waals surface area contributed by atoms with Gasteiger partial charge in [0.15, 0.2) is 0 Å². The highest BCUT2D eigenvalue weighted by atomic mass is 79.9. The Morgan fingerprint density at radius 2 is 2.29 bits per heavy atom. The van der Waals surface area contributed by atoms with Crippen LogP contribution in [0.2, 0.25) is 0 Å². The van der Waals surface area contributed by atoms with E-state index in [-0.39, 0.29) is 18.9 Å². The van der Waals surface area contributed by atoms with E-state index >= 15 is 0 Å². The molecule has 4 nitrogen and oxygen atoms in total. The number of nitrogens with one attached hydrogen (secondary N) is 1. The summed E-state index contributed by atoms with van der Waals surface area (Å²) in [5.41, 5.74) is 0. The van der Waals surface area contributed by atoms with E-state index in [0.717, 1.165) is 9.35 Å². The van der Waals surface area contributed by atoms with E-state index in [4.69, 9.17) is 5.11 Å². The standard InChI is InChI=1S/C7H10BrNO3S2/c8-6-1-3-13-7(6)5-9-14(11,12)4-2-10/h1,3,9-10H,2,4-5H2. The first-order valence-electron chi connectivity index (χ1n) is 3.85. The van der Waals surface area contributed by atoms with Crippen LogP contribution in [0, 0.1) is 0 Å². The van der Waals surface area contributed by atoms with E-state index in [9.17, 15) is 8.42 Å². The van der Waals surface area contributed by atoms with E-state index in [0.29, 0.717) is 0 Å². The summed E-state index contributed by atoms with van der Waals surface area (Å²) >= 11 is 4.77. The smallest absolute Gasteiger partial charge is 0.214 e. The number of hydrogen-bond donors (Lipinski definition) is 2. The molecule has 1 aromatic heterocycles. The molecule has 1 rings (SSSR count). The Bertz CT molecular complexity index is 387. The van der Waals surface area contributed by atoms with Gasteiger partial charge in [-0.2, -0.15) is 0 Å². The van der Waals surface area contributed by atoms with Gasteiger partial charge >= 0.3 is 0 Å². The second-order valence-corrected chi connectivity index (χ2v) is 6.34. The molecule has 0 unspecified atom stereocenters. The number of sulfonamides is 1. The third kappa shape index (κ3) is 3.66. The number of halogens is 1. The fourth-order valence-corrected chi connectivity index (χ4v) is 3.09. The molecule has 1 aromatic rings. The summed E-state index contributed by atoms with van der Waals surface area (Å²) in [7, 11) is -3.34. The molecule has 0 radical (unpaired) electrons. The van der Waals surface area contributed by atoms with Gasteiger partial charge in [0.2, 0.25) is 10.0 Å². The molecule has 0 spiro atoms. The normalized spacial score (nSPS) is 11.9. The molecule has 0 aliphatic carbocycles. The molecule has 14 heavy (non-hydrogen) atoms. The van der Waals surface area contributed by atoms with Gasteiger partial charge in [0, 0.05) is 15.9 Å². The largest absolute Gasteiger partial charge is 0.395 e. The third-order valence-corrected chi connectivity index (χ3v) is 4.73. The molecule has 0 bridgehead atoms. The zero-order valence-electron chi connectivity index (χ0n) is 7.23. The molecule has 0 atom stereocenters. The fraction of sp³-hybridized carbons (Fsp3) is 0.429. The Morgan fingerprint density at radius 3 is 2.79 bits per heavy atom. The highest BCUT2D eigenvalue weighted by Gasteiger charge is 2.10. The van der Waals surface area contributed by atoms with Crippen LogP contribution in [-0.2, 0) is 16.6 Å². The minimum atomic E-state index is -3.34. The number of thiophene rings is 1. The molecule has 0 amide bonds. The fourth-order valence-electron chi connectivity index (χ4n) is 0.819. The molecule has 0 fully saturated rings. The molecular formula is C7H10BrNO3S2. The molecule has 0 aromatic carbocycles. The minimum absolute atomic E-state index is 0.254. The first-order chi connectivity index (χ1) is 6.55. The van der Waals surface area contributed by atoms with Crippen LogP contribution in [0.1, 0.15) is 4.88 Å². The Morgan fingerprint density at radius 1 is 1.57 bits per heavy atom. The quantitative estimate of drug-likeness (QED) is 0.850. The summed E-state index contributed by atoms with van der Waals surface area (Å²) in [6.07, 6.45) is 0. The zero-order chi connectivity index (χ0) is 10.6. The van der Waals surface area contributed by atoms with Crippen LogP contribution in [0.3, 0.4) is 0 Å². The first kappa shape index (κ1) is 12.1. The van der Waals surface area contributed by atoms with Gasteiger partial charge < -0.3 is 5.11 Å². The molecule has 0 aliphatic rings. The lowest BCUT2D eigenvalue weighted by Crippen LogP contribution is -2.27. The third-order valence-electron chi connectivity index (χ3n) is 1.50. The van der Waals surface area contributed by atoms with Crippen LogP contribution < -0.4 is 4.72 Å². The van der Waals surface area contributed by atoms with Crippen molar-refractivity contribution in [2.45, 2.75) is 6.54 Å². The van der Waals surface area contributed by atoms with Crippen molar-refractivity contribution < 1.29 is 13.5 Å². The molecule has 0 saturated heterocycles. The van der Waals surface area contributed by atoms with Crippen molar-refractivity contribution in [3.63, 3.8) is 0 Å². The zero-order valence-corrected chi connectivity index (χ0v) is 10.5. The van der Waals surface area contributed by atoms with Crippen molar-refractivity contribution >= 4 is 37.3 Å². The summed E-state index contributed by atoms with van der Waals surface area (Å²) in [5.74, 6) is -0.254. The van der Waals surface area contributed by atoms with E-state index in [2.05, 4.69) is 20.7 Å². The Balaban J connectivity index is 2.53. The SMILES string of the molecule is O=S(=O)(CCO)NCc1sccc1Br. The van der Waals surface area contributed by atoms with Crippen molar-refractivity contribution in [2.24, 2.45) is 0 Å². The van der Waals surface area contributed by atoms with Gasteiger partial charge in [-0.05, 0) is 27.4 Å². The lowest BCUT2D eigenvalue weighted by atomic mass is 10.5. The molecule has 1 heterocycles. The molecule has 7 heteroatoms. The summed E-state index contributed by atoms with van der Waals surface area (Å²) in [6, 6.07) is 1.86. The molecule has 2 N–H and O–H groups in total. The maximum Gasteiger partial charge on any atom is 0.214 e. The Kier molecular flexibility index (Phi) is 4.52. The van der Waals surface area contributed by atoms with Crippen LogP contribution in [0.5, 0.6) is 0 Å². The number of hydrogen-bond acceptors (Lipinski definition) is 4. The van der Waals surface area contributed by atoms with Crippen LogP contribution in [0.4, 0.5) is 0 Å². The predicted molar refractivity (Wildman–Crippen MR) is 59.7 cm³/mol. The molecule has 80 valence electrons. The summed E-state index contributed by atoms with van der Waals surface area (Å²) in [4.78, 5) is 0.923. The minimum Gasteiger partial charge on any atom is -0.395 e. The van der Waals surface area contributed by atoms with E-state index < -0.39 is 10.0 Å². The Labute approximate surface area is 95.1 Å². The van der Waals surface area contributed by atoms with Crippen molar-refractivity contribution in [2.75, 3.05) is 12.4 Å². The summed E-state index contributed by atoms with van der Waals surface area (Å²) in [6.45, 7) is -0.0957. The number of rotatable bonds is 5. The second-order valence-electron chi connectivity index (χ2n) is 2.56. The van der Waals surface area contributed by atoms with Gasteiger partial charge in [-0.3, -0.25) is 0 Å². The Hall–Kier alpha value is 0.0500. The van der Waals surface area contributed by atoms with E-state index in [1.807, 2.05) is 11.4 Å². The lowest BCUT2D eigenvalue weighted by Gasteiger charge is -2.03. The van der Waals surface area contributed by atoms with Gasteiger partial charge in [0.25, 0.3) is 0 Å². The molecule has 0 aliphatic heterocycles. The average molecular weight is 300 g/mol. The second kappa shape index (κ2) is 5.22. The molecule has 0 saturated carbocycles. The number of aliphatic hydroxyl groups is 1. The average Bonchev–Trinajstić information content (AvgIpc) is 2.48. The first-order valence-corrected chi connectivity index (χ1v) is 7.18. The number of aliphatic hydroxyl groups excluding tert-OH is 1. The van der Waals surface area contributed by atoms with Crippen molar-refractivity contribution in [3.05, 3.63) is 20.8 Å². The highest BCUT2D eigenvalue weighted by molar-refractivity contribution is 9.10. The monoisotopic (exact) mass is 299 g/mol. The predicted octanol–water partition coefficient (Wildman–Crippen LogP) is 0.922. The van der Waals surface area contributed by atoms with Crippen LogP contribution in [-0.4, -0.2) is 25.9 Å². The van der Waals surface area contributed by atoms with Crippen molar-refractivity contribution in [1.82, 2.24) is 4.72 Å². The van der Waals surface area contributed by atoms with Crippen molar-refractivity contribution in [1.29, 1.82) is 0 Å². The van der Waals surface area contributed by atoms with Gasteiger partial charge in [0.1, 0.15) is 0 Å². The van der Waals surface area contributed by atoms with Gasteiger partial charge in [-0.25, -0.2) is 13.1 Å². The van der Waals surface area contributed by atoms with Crippen molar-refractivity contribution in [3.8, 4) is 0 Å². The van der Waals surface area contributed by atoms with E-state index in [1.165, 1.54) is 11.3 Å².